The molecule has 0 radical (unpaired) electrons. The number of fused-ring (bicyclic) bond motifs is 1. The fourth-order valence-corrected chi connectivity index (χ4v) is 4.76. The molecule has 1 aromatic heterocycles. The van der Waals surface area contributed by atoms with Crippen LogP contribution in [0.15, 0.2) is 66.7 Å². The van der Waals surface area contributed by atoms with Crippen LogP contribution in [0.4, 0.5) is 4.39 Å². The molecule has 0 amide bonds. The number of benzene rings is 3. The Kier molecular flexibility index (Phi) is 7.58. The number of hydrogen-bond acceptors (Lipinski definition) is 6. The number of halogens is 1. The molecule has 1 aliphatic rings. The third kappa shape index (κ3) is 5.08. The molecule has 0 saturated heterocycles. The number of aromatic nitrogens is 1. The summed E-state index contributed by atoms with van der Waals surface area (Å²) in [6.45, 7) is 4.52. The number of methoxy groups -OCH3 is 1. The molecule has 196 valence electrons. The molecular weight excluding hydrogens is 485 g/mol. The maximum atomic E-state index is 15.1. The summed E-state index contributed by atoms with van der Waals surface area (Å²) in [5, 5.41) is 11.6. The Morgan fingerprint density at radius 1 is 0.974 bits per heavy atom. The highest BCUT2D eigenvalue weighted by atomic mass is 19.1. The van der Waals surface area contributed by atoms with Gasteiger partial charge >= 0.3 is 0 Å². The van der Waals surface area contributed by atoms with E-state index in [2.05, 4.69) is 0 Å². The standard InChI is InChI=1S/C31H30FNO5/c1-19-8-7-11-23(28(19)32)29-25(38-18-35-3)13-12-24(33-29)30(34)27-20(2)16-26(31-22(27)14-15-36-31)37-17-21-9-5-4-6-10-21/h4-13,16,30,34H,14-15,17-18H2,1-3H3. The van der Waals surface area contributed by atoms with Gasteiger partial charge in [-0.2, -0.15) is 0 Å². The lowest BCUT2D eigenvalue weighted by molar-refractivity contribution is 0.0512. The maximum Gasteiger partial charge on any atom is 0.188 e. The van der Waals surface area contributed by atoms with E-state index in [0.717, 1.165) is 22.3 Å². The number of aliphatic hydroxyl groups excluding tert-OH is 1. The first-order valence-corrected chi connectivity index (χ1v) is 12.5. The summed E-state index contributed by atoms with van der Waals surface area (Å²) >= 11 is 0. The molecule has 4 aromatic rings. The summed E-state index contributed by atoms with van der Waals surface area (Å²) in [7, 11) is 1.51. The van der Waals surface area contributed by atoms with E-state index in [1.54, 1.807) is 37.3 Å². The molecule has 5 rings (SSSR count). The van der Waals surface area contributed by atoms with Gasteiger partial charge in [-0.1, -0.05) is 42.5 Å². The molecular formula is C31H30FNO5. The lowest BCUT2D eigenvalue weighted by atomic mass is 9.92. The average molecular weight is 516 g/mol. The molecule has 0 aliphatic carbocycles. The second-order valence-electron chi connectivity index (χ2n) is 9.26. The molecule has 3 aromatic carbocycles. The number of rotatable bonds is 9. The number of aryl methyl sites for hydroxylation is 2. The molecule has 0 saturated carbocycles. The predicted molar refractivity (Wildman–Crippen MR) is 142 cm³/mol. The monoisotopic (exact) mass is 515 g/mol. The summed E-state index contributed by atoms with van der Waals surface area (Å²) in [6.07, 6.45) is -0.420. The van der Waals surface area contributed by atoms with E-state index >= 15 is 4.39 Å². The first-order chi connectivity index (χ1) is 18.5. The van der Waals surface area contributed by atoms with Crippen molar-refractivity contribution in [2.24, 2.45) is 0 Å². The Balaban J connectivity index is 1.52. The highest BCUT2D eigenvalue weighted by molar-refractivity contribution is 5.68. The van der Waals surface area contributed by atoms with Crippen molar-refractivity contribution in [1.29, 1.82) is 0 Å². The maximum absolute atomic E-state index is 15.1. The third-order valence-electron chi connectivity index (χ3n) is 6.64. The summed E-state index contributed by atoms with van der Waals surface area (Å²) < 4.78 is 37.9. The van der Waals surface area contributed by atoms with E-state index < -0.39 is 6.10 Å². The van der Waals surface area contributed by atoms with Crippen LogP contribution in [0.3, 0.4) is 0 Å². The normalized spacial score (nSPS) is 13.1. The van der Waals surface area contributed by atoms with Gasteiger partial charge in [-0.15, -0.1) is 0 Å². The Morgan fingerprint density at radius 3 is 2.58 bits per heavy atom. The van der Waals surface area contributed by atoms with Crippen LogP contribution in [0.5, 0.6) is 17.2 Å². The van der Waals surface area contributed by atoms with Crippen molar-refractivity contribution in [3.05, 3.63) is 106 Å². The minimum Gasteiger partial charge on any atom is -0.489 e. The van der Waals surface area contributed by atoms with Crippen LogP contribution in [-0.2, 0) is 17.8 Å². The van der Waals surface area contributed by atoms with Crippen LogP contribution in [0, 0.1) is 19.7 Å². The topological polar surface area (TPSA) is 70.0 Å². The first kappa shape index (κ1) is 25.7. The van der Waals surface area contributed by atoms with Crippen LogP contribution in [0.2, 0.25) is 0 Å². The zero-order chi connectivity index (χ0) is 26.6. The van der Waals surface area contributed by atoms with Crippen molar-refractivity contribution in [1.82, 2.24) is 4.98 Å². The van der Waals surface area contributed by atoms with Gasteiger partial charge in [-0.05, 0) is 60.4 Å². The number of hydrogen-bond donors (Lipinski definition) is 1. The van der Waals surface area contributed by atoms with Gasteiger partial charge in [0.05, 0.1) is 12.3 Å². The van der Waals surface area contributed by atoms with E-state index in [1.807, 2.05) is 43.3 Å². The number of aliphatic hydroxyl groups is 1. The minimum absolute atomic E-state index is 0.0155. The van der Waals surface area contributed by atoms with Gasteiger partial charge in [0.25, 0.3) is 0 Å². The van der Waals surface area contributed by atoms with Crippen LogP contribution in [0.1, 0.15) is 39.6 Å². The van der Waals surface area contributed by atoms with Gasteiger partial charge in [0.2, 0.25) is 0 Å². The predicted octanol–water partition coefficient (Wildman–Crippen LogP) is 6.08. The second kappa shape index (κ2) is 11.2. The lowest BCUT2D eigenvalue weighted by Crippen LogP contribution is -2.10. The molecule has 38 heavy (non-hydrogen) atoms. The highest BCUT2D eigenvalue weighted by Gasteiger charge is 2.29. The molecule has 1 unspecified atom stereocenters. The van der Waals surface area contributed by atoms with Gasteiger partial charge in [0, 0.05) is 24.7 Å². The van der Waals surface area contributed by atoms with Crippen LogP contribution in [-0.4, -0.2) is 30.6 Å². The molecule has 0 spiro atoms. The van der Waals surface area contributed by atoms with Crippen LogP contribution in [0.25, 0.3) is 11.3 Å². The van der Waals surface area contributed by atoms with E-state index in [0.29, 0.717) is 59.4 Å². The van der Waals surface area contributed by atoms with Gasteiger partial charge in [0.15, 0.2) is 18.3 Å². The molecule has 6 nitrogen and oxygen atoms in total. The van der Waals surface area contributed by atoms with E-state index in [1.165, 1.54) is 7.11 Å². The lowest BCUT2D eigenvalue weighted by Gasteiger charge is -2.21. The Labute approximate surface area is 221 Å². The van der Waals surface area contributed by atoms with E-state index in [4.69, 9.17) is 23.9 Å². The average Bonchev–Trinajstić information content (AvgIpc) is 3.42. The highest BCUT2D eigenvalue weighted by Crippen LogP contribution is 2.44. The van der Waals surface area contributed by atoms with Crippen LogP contribution < -0.4 is 14.2 Å². The first-order valence-electron chi connectivity index (χ1n) is 12.5. The Bertz CT molecular complexity index is 1440. The summed E-state index contributed by atoms with van der Waals surface area (Å²) in [5.41, 5.74) is 4.98. The zero-order valence-electron chi connectivity index (χ0n) is 21.7. The van der Waals surface area contributed by atoms with Gasteiger partial charge in [-0.3, -0.25) is 0 Å². The van der Waals surface area contributed by atoms with E-state index in [-0.39, 0.29) is 12.6 Å². The summed E-state index contributed by atoms with van der Waals surface area (Å²) in [4.78, 5) is 4.70. The molecule has 7 heteroatoms. The number of ether oxygens (including phenoxy) is 4. The third-order valence-corrected chi connectivity index (χ3v) is 6.64. The molecule has 1 atom stereocenters. The van der Waals surface area contributed by atoms with Gasteiger partial charge in [-0.25, -0.2) is 9.37 Å². The van der Waals surface area contributed by atoms with Crippen molar-refractivity contribution in [3.63, 3.8) is 0 Å². The molecule has 2 heterocycles. The zero-order valence-corrected chi connectivity index (χ0v) is 21.7. The molecule has 0 bridgehead atoms. The summed E-state index contributed by atoms with van der Waals surface area (Å²) in [6, 6.07) is 20.3. The smallest absolute Gasteiger partial charge is 0.188 e. The van der Waals surface area contributed by atoms with Crippen molar-refractivity contribution >= 4 is 0 Å². The Hall–Kier alpha value is -3.94. The molecule has 1 N–H and O–H groups in total. The van der Waals surface area contributed by atoms with Crippen molar-refractivity contribution in [3.8, 4) is 28.5 Å². The SMILES string of the molecule is COCOc1ccc(C(O)c2c(C)cc(OCc3ccccc3)c3c2CCO3)nc1-c1cccc(C)c1F. The fraction of sp³-hybridized carbons (Fsp3) is 0.258. The number of pyridine rings is 1. The Morgan fingerprint density at radius 2 is 1.79 bits per heavy atom. The molecule has 1 aliphatic heterocycles. The molecule has 0 fully saturated rings. The van der Waals surface area contributed by atoms with Gasteiger partial charge < -0.3 is 24.1 Å². The van der Waals surface area contributed by atoms with Crippen LogP contribution >= 0.6 is 0 Å². The number of nitrogens with zero attached hydrogens (tertiary/aromatic N) is 1. The minimum atomic E-state index is -1.06. The van der Waals surface area contributed by atoms with Crippen molar-refractivity contribution < 1.29 is 28.4 Å². The largest absolute Gasteiger partial charge is 0.489 e. The van der Waals surface area contributed by atoms with E-state index in [9.17, 15) is 5.11 Å². The fourth-order valence-electron chi connectivity index (χ4n) is 4.76. The second-order valence-corrected chi connectivity index (χ2v) is 9.26. The van der Waals surface area contributed by atoms with Crippen molar-refractivity contribution in [2.75, 3.05) is 20.5 Å². The quantitative estimate of drug-likeness (QED) is 0.272. The summed E-state index contributed by atoms with van der Waals surface area (Å²) in [5.74, 6) is 1.26. The van der Waals surface area contributed by atoms with Gasteiger partial charge in [0.1, 0.15) is 30.0 Å². The van der Waals surface area contributed by atoms with Crippen molar-refractivity contribution in [2.45, 2.75) is 33.0 Å².